The number of carbonyl (C=O) groups excluding carboxylic acids is 1. The Morgan fingerprint density at radius 2 is 1.71 bits per heavy atom. The minimum Gasteiger partial charge on any atom is -0.496 e. The molecule has 0 radical (unpaired) electrons. The number of benzene rings is 3. The quantitative estimate of drug-likeness (QED) is 0.514. The molecule has 1 amide bonds. The predicted molar refractivity (Wildman–Crippen MR) is 128 cm³/mol. The fourth-order valence-corrected chi connectivity index (χ4v) is 5.06. The van der Waals surface area contributed by atoms with Gasteiger partial charge in [-0.2, -0.15) is 4.31 Å². The summed E-state index contributed by atoms with van der Waals surface area (Å²) < 4.78 is 44.0. The fourth-order valence-electron chi connectivity index (χ4n) is 3.46. The van der Waals surface area contributed by atoms with Crippen LogP contribution in [0.4, 0.5) is 5.69 Å². The van der Waals surface area contributed by atoms with Gasteiger partial charge in [0.15, 0.2) is 5.75 Å². The van der Waals surface area contributed by atoms with Crippen LogP contribution in [0.25, 0.3) is 0 Å². The van der Waals surface area contributed by atoms with Crippen molar-refractivity contribution in [2.45, 2.75) is 4.90 Å². The molecule has 1 aliphatic heterocycles. The SMILES string of the molecule is COc1ccc(S(=O)(=O)N2CCOCC2)cc1C(=O)Nc1cc(Cl)ccc1Oc1ccccc1. The highest BCUT2D eigenvalue weighted by molar-refractivity contribution is 7.89. The Hall–Kier alpha value is -3.11. The molecule has 0 bridgehead atoms. The summed E-state index contributed by atoms with van der Waals surface area (Å²) in [7, 11) is -2.39. The standard InChI is InChI=1S/C24H23ClN2O6S/c1-31-22-10-8-19(34(29,30)27-11-13-32-14-12-27)16-20(22)24(28)26-21-15-17(25)7-9-23(21)33-18-5-3-2-4-6-18/h2-10,15-16H,11-14H2,1H3,(H,26,28). The molecule has 178 valence electrons. The summed E-state index contributed by atoms with van der Waals surface area (Å²) in [6, 6.07) is 18.1. The monoisotopic (exact) mass is 502 g/mol. The zero-order chi connectivity index (χ0) is 24.1. The summed E-state index contributed by atoms with van der Waals surface area (Å²) in [5.74, 6) is 0.610. The molecule has 1 aliphatic rings. The van der Waals surface area contributed by atoms with Crippen LogP contribution in [0.3, 0.4) is 0 Å². The number of sulfonamides is 1. The Morgan fingerprint density at radius 3 is 2.41 bits per heavy atom. The highest BCUT2D eigenvalue weighted by atomic mass is 35.5. The van der Waals surface area contributed by atoms with E-state index in [1.165, 1.54) is 29.6 Å². The van der Waals surface area contributed by atoms with Crippen molar-refractivity contribution in [2.24, 2.45) is 0 Å². The largest absolute Gasteiger partial charge is 0.496 e. The predicted octanol–water partition coefficient (Wildman–Crippen LogP) is 4.41. The number of rotatable bonds is 7. The summed E-state index contributed by atoms with van der Waals surface area (Å²) in [5, 5.41) is 3.16. The van der Waals surface area contributed by atoms with E-state index in [2.05, 4.69) is 5.32 Å². The van der Waals surface area contributed by atoms with Crippen LogP contribution in [0, 0.1) is 0 Å². The van der Waals surface area contributed by atoms with Crippen LogP contribution in [-0.4, -0.2) is 52.0 Å². The van der Waals surface area contributed by atoms with Gasteiger partial charge in [-0.05, 0) is 48.5 Å². The molecule has 0 aliphatic carbocycles. The van der Waals surface area contributed by atoms with Gasteiger partial charge in [0.2, 0.25) is 10.0 Å². The van der Waals surface area contributed by atoms with Crippen LogP contribution >= 0.6 is 11.6 Å². The van der Waals surface area contributed by atoms with Gasteiger partial charge in [-0.1, -0.05) is 29.8 Å². The Kier molecular flexibility index (Phi) is 7.38. The number of carbonyl (C=O) groups is 1. The third-order valence-corrected chi connectivity index (χ3v) is 7.31. The Bertz CT molecular complexity index is 1280. The molecular weight excluding hydrogens is 480 g/mol. The van der Waals surface area contributed by atoms with Crippen molar-refractivity contribution in [3.05, 3.63) is 77.3 Å². The minimum atomic E-state index is -3.80. The van der Waals surface area contributed by atoms with Crippen molar-refractivity contribution in [3.8, 4) is 17.2 Å². The van der Waals surface area contributed by atoms with E-state index in [0.717, 1.165) is 0 Å². The number of ether oxygens (including phenoxy) is 3. The first-order chi connectivity index (χ1) is 16.4. The van der Waals surface area contributed by atoms with E-state index in [0.29, 0.717) is 35.4 Å². The lowest BCUT2D eigenvalue weighted by Crippen LogP contribution is -2.40. The van der Waals surface area contributed by atoms with Crippen LogP contribution in [0.2, 0.25) is 5.02 Å². The first-order valence-electron chi connectivity index (χ1n) is 10.5. The van der Waals surface area contributed by atoms with Crippen molar-refractivity contribution in [3.63, 3.8) is 0 Å². The lowest BCUT2D eigenvalue weighted by molar-refractivity contribution is 0.0730. The summed E-state index contributed by atoms with van der Waals surface area (Å²) >= 11 is 6.15. The van der Waals surface area contributed by atoms with Crippen molar-refractivity contribution >= 4 is 33.2 Å². The highest BCUT2D eigenvalue weighted by Gasteiger charge is 2.28. The second-order valence-electron chi connectivity index (χ2n) is 7.39. The number of nitrogens with one attached hydrogen (secondary N) is 1. The molecule has 1 saturated heterocycles. The van der Waals surface area contributed by atoms with Crippen LogP contribution < -0.4 is 14.8 Å². The molecule has 3 aromatic rings. The lowest BCUT2D eigenvalue weighted by Gasteiger charge is -2.26. The van der Waals surface area contributed by atoms with Crippen LogP contribution in [0.15, 0.2) is 71.6 Å². The van der Waals surface area contributed by atoms with Crippen molar-refractivity contribution in [1.29, 1.82) is 0 Å². The molecule has 10 heteroatoms. The van der Waals surface area contributed by atoms with Crippen LogP contribution in [0.1, 0.15) is 10.4 Å². The first kappa shape index (κ1) is 24.0. The van der Waals surface area contributed by atoms with Gasteiger partial charge in [0, 0.05) is 18.1 Å². The highest BCUT2D eigenvalue weighted by Crippen LogP contribution is 2.33. The van der Waals surface area contributed by atoms with Crippen molar-refractivity contribution in [1.82, 2.24) is 4.31 Å². The second kappa shape index (κ2) is 10.4. The molecule has 1 N–H and O–H groups in total. The van der Waals surface area contributed by atoms with E-state index in [1.54, 1.807) is 30.3 Å². The summed E-state index contributed by atoms with van der Waals surface area (Å²) in [5.41, 5.74) is 0.382. The third kappa shape index (κ3) is 5.34. The zero-order valence-electron chi connectivity index (χ0n) is 18.4. The number of nitrogens with zero attached hydrogens (tertiary/aromatic N) is 1. The molecular formula is C24H23ClN2O6S. The number of morpholine rings is 1. The minimum absolute atomic E-state index is 0.00722. The third-order valence-electron chi connectivity index (χ3n) is 5.18. The number of anilines is 1. The van der Waals surface area contributed by atoms with E-state index < -0.39 is 15.9 Å². The molecule has 8 nitrogen and oxygen atoms in total. The summed E-state index contributed by atoms with van der Waals surface area (Å²) in [6.07, 6.45) is 0. The summed E-state index contributed by atoms with van der Waals surface area (Å²) in [6.45, 7) is 1.14. The van der Waals surface area contributed by atoms with E-state index in [4.69, 9.17) is 25.8 Å². The summed E-state index contributed by atoms with van der Waals surface area (Å²) in [4.78, 5) is 13.2. The van der Waals surface area contributed by atoms with E-state index in [9.17, 15) is 13.2 Å². The lowest BCUT2D eigenvalue weighted by atomic mass is 10.1. The number of hydrogen-bond acceptors (Lipinski definition) is 6. The normalized spacial score (nSPS) is 14.4. The van der Waals surface area contributed by atoms with Gasteiger partial charge in [-0.25, -0.2) is 8.42 Å². The maximum absolute atomic E-state index is 13.2. The smallest absolute Gasteiger partial charge is 0.259 e. The van der Waals surface area contributed by atoms with Gasteiger partial charge in [0.1, 0.15) is 11.5 Å². The number of halogens is 1. The number of amides is 1. The molecule has 1 heterocycles. The van der Waals surface area contributed by atoms with Crippen LogP contribution in [-0.2, 0) is 14.8 Å². The number of methoxy groups -OCH3 is 1. The molecule has 0 unspecified atom stereocenters. The van der Waals surface area contributed by atoms with Gasteiger partial charge < -0.3 is 19.5 Å². The molecule has 0 saturated carbocycles. The first-order valence-corrected chi connectivity index (χ1v) is 12.3. The van der Waals surface area contributed by atoms with Gasteiger partial charge in [-0.3, -0.25) is 4.79 Å². The molecule has 34 heavy (non-hydrogen) atoms. The average molecular weight is 503 g/mol. The second-order valence-corrected chi connectivity index (χ2v) is 9.76. The zero-order valence-corrected chi connectivity index (χ0v) is 19.9. The van der Waals surface area contributed by atoms with Gasteiger partial charge >= 0.3 is 0 Å². The topological polar surface area (TPSA) is 94.2 Å². The molecule has 0 atom stereocenters. The van der Waals surface area contributed by atoms with Crippen molar-refractivity contribution in [2.75, 3.05) is 38.7 Å². The maximum atomic E-state index is 13.2. The molecule has 0 spiro atoms. The van der Waals surface area contributed by atoms with E-state index >= 15 is 0 Å². The maximum Gasteiger partial charge on any atom is 0.259 e. The fraction of sp³-hybridized carbons (Fsp3) is 0.208. The van der Waals surface area contributed by atoms with Crippen LogP contribution in [0.5, 0.6) is 17.2 Å². The molecule has 3 aromatic carbocycles. The average Bonchev–Trinajstić information content (AvgIpc) is 2.86. The van der Waals surface area contributed by atoms with Gasteiger partial charge in [0.25, 0.3) is 5.91 Å². The van der Waals surface area contributed by atoms with E-state index in [1.807, 2.05) is 18.2 Å². The molecule has 0 aromatic heterocycles. The van der Waals surface area contributed by atoms with Gasteiger partial charge in [-0.15, -0.1) is 0 Å². The Morgan fingerprint density at radius 1 is 1.00 bits per heavy atom. The number of para-hydroxylation sites is 1. The Labute approximate surface area is 203 Å². The number of hydrogen-bond donors (Lipinski definition) is 1. The molecule has 1 fully saturated rings. The molecule has 4 rings (SSSR count). The Balaban J connectivity index is 1.64. The van der Waals surface area contributed by atoms with Gasteiger partial charge in [0.05, 0.1) is 36.5 Å². The van der Waals surface area contributed by atoms with Crippen molar-refractivity contribution < 1.29 is 27.4 Å². The van der Waals surface area contributed by atoms with E-state index in [-0.39, 0.29) is 29.3 Å².